The molecule has 0 fully saturated rings. The van der Waals surface area contributed by atoms with Crippen LogP contribution < -0.4 is 12.4 Å². The number of quaternary nitrogens is 1. The molecule has 0 aliphatic carbocycles. The summed E-state index contributed by atoms with van der Waals surface area (Å²) >= 11 is 0. The zero-order valence-electron chi connectivity index (χ0n) is 23.4. The quantitative estimate of drug-likeness (QED) is 0.0961. The smallest absolute Gasteiger partial charge is 0.0811 e. The average Bonchev–Trinajstić information content (AvgIpc) is 2.74. The number of hydrogen-bond donors (Lipinski definition) is 0. The van der Waals surface area contributed by atoms with Gasteiger partial charge in [-0.2, -0.15) is 0 Å². The second kappa shape index (κ2) is 25.9. The van der Waals surface area contributed by atoms with E-state index in [0.29, 0.717) is 0 Å². The molecular formula is C30H64ClN. The number of rotatable bonds is 25. The zero-order valence-corrected chi connectivity index (χ0v) is 24.1. The van der Waals surface area contributed by atoms with Gasteiger partial charge in [0.25, 0.3) is 0 Å². The van der Waals surface area contributed by atoms with Crippen LogP contribution >= 0.6 is 0 Å². The Hall–Kier alpha value is 0.250. The maximum Gasteiger partial charge on any atom is 0.0811 e. The fourth-order valence-corrected chi connectivity index (χ4v) is 5.22. The van der Waals surface area contributed by atoms with E-state index in [9.17, 15) is 0 Å². The maximum absolute atomic E-state index is 2.51. The third-order valence-corrected chi connectivity index (χ3v) is 7.30. The second-order valence-corrected chi connectivity index (χ2v) is 11.3. The van der Waals surface area contributed by atoms with Crippen LogP contribution in [0, 0.1) is 5.92 Å². The van der Waals surface area contributed by atoms with Crippen molar-refractivity contribution in [3.05, 3.63) is 0 Å². The Morgan fingerprint density at radius 3 is 1.16 bits per heavy atom. The Balaban J connectivity index is 0. The van der Waals surface area contributed by atoms with Crippen molar-refractivity contribution < 1.29 is 16.9 Å². The highest BCUT2D eigenvalue weighted by Crippen LogP contribution is 2.22. The molecule has 0 heterocycles. The molecule has 0 aliphatic rings. The third-order valence-electron chi connectivity index (χ3n) is 7.30. The van der Waals surface area contributed by atoms with E-state index in [4.69, 9.17) is 0 Å². The Kier molecular flexibility index (Phi) is 27.8. The van der Waals surface area contributed by atoms with Crippen LogP contribution in [0.5, 0.6) is 0 Å². The monoisotopic (exact) mass is 473 g/mol. The van der Waals surface area contributed by atoms with Crippen LogP contribution in [-0.4, -0.2) is 31.7 Å². The minimum atomic E-state index is 0. The van der Waals surface area contributed by atoms with Gasteiger partial charge in [0.15, 0.2) is 0 Å². The normalized spacial score (nSPS) is 12.7. The predicted octanol–water partition coefficient (Wildman–Crippen LogP) is 7.32. The lowest BCUT2D eigenvalue weighted by molar-refractivity contribution is -0.894. The van der Waals surface area contributed by atoms with Crippen molar-refractivity contribution in [3.63, 3.8) is 0 Å². The third kappa shape index (κ3) is 24.9. The first kappa shape index (κ1) is 34.4. The van der Waals surface area contributed by atoms with E-state index in [1.54, 1.807) is 0 Å². The largest absolute Gasteiger partial charge is 1.00 e. The Morgan fingerprint density at radius 1 is 0.438 bits per heavy atom. The summed E-state index contributed by atoms with van der Waals surface area (Å²) in [5, 5.41) is 0. The van der Waals surface area contributed by atoms with Gasteiger partial charge in [0, 0.05) is 5.92 Å². The van der Waals surface area contributed by atoms with Crippen LogP contribution in [0.1, 0.15) is 162 Å². The molecule has 0 rings (SSSR count). The van der Waals surface area contributed by atoms with Crippen molar-refractivity contribution in [2.75, 3.05) is 27.2 Å². The first-order valence-electron chi connectivity index (χ1n) is 14.9. The van der Waals surface area contributed by atoms with Crippen molar-refractivity contribution in [2.45, 2.75) is 162 Å². The maximum atomic E-state index is 2.51. The van der Waals surface area contributed by atoms with E-state index in [1.807, 2.05) is 0 Å². The summed E-state index contributed by atoms with van der Waals surface area (Å²) in [5.74, 6) is 0.959. The molecule has 0 N–H and O–H groups in total. The van der Waals surface area contributed by atoms with Crippen LogP contribution in [0.4, 0.5) is 0 Å². The summed E-state index contributed by atoms with van der Waals surface area (Å²) in [6.07, 6.45) is 31.8. The number of nitrogens with zero attached hydrogens (tertiary/aromatic N) is 1. The molecule has 0 spiro atoms. The van der Waals surface area contributed by atoms with Gasteiger partial charge in [0.05, 0.1) is 27.2 Å². The van der Waals surface area contributed by atoms with Crippen molar-refractivity contribution in [1.29, 1.82) is 0 Å². The molecule has 0 saturated heterocycles. The second-order valence-electron chi connectivity index (χ2n) is 11.3. The molecule has 2 heteroatoms. The molecule has 0 saturated carbocycles. The van der Waals surface area contributed by atoms with Gasteiger partial charge in [-0.1, -0.05) is 136 Å². The van der Waals surface area contributed by atoms with Gasteiger partial charge in [-0.3, -0.25) is 0 Å². The van der Waals surface area contributed by atoms with Crippen LogP contribution in [0.2, 0.25) is 0 Å². The molecule has 0 bridgehead atoms. The molecule has 0 aliphatic heterocycles. The van der Waals surface area contributed by atoms with Gasteiger partial charge in [0.2, 0.25) is 0 Å². The SMILES string of the molecule is CCCCCCCCCCC(CCCCCC)C[N+](C)(C)CCCCCCCCCC.[Cl-]. The summed E-state index contributed by atoms with van der Waals surface area (Å²) in [6.45, 7) is 9.76. The zero-order chi connectivity index (χ0) is 23.0. The van der Waals surface area contributed by atoms with E-state index in [1.165, 1.54) is 159 Å². The van der Waals surface area contributed by atoms with Crippen LogP contribution in [-0.2, 0) is 0 Å². The summed E-state index contributed by atoms with van der Waals surface area (Å²) < 4.78 is 1.26. The van der Waals surface area contributed by atoms with E-state index in [2.05, 4.69) is 34.9 Å². The van der Waals surface area contributed by atoms with Crippen LogP contribution in [0.25, 0.3) is 0 Å². The Morgan fingerprint density at radius 2 is 0.750 bits per heavy atom. The minimum Gasteiger partial charge on any atom is -1.00 e. The lowest BCUT2D eigenvalue weighted by Gasteiger charge is -2.34. The highest BCUT2D eigenvalue weighted by molar-refractivity contribution is 4.61. The molecule has 0 radical (unpaired) electrons. The first-order chi connectivity index (χ1) is 15.1. The molecular weight excluding hydrogens is 410 g/mol. The van der Waals surface area contributed by atoms with Gasteiger partial charge in [-0.05, 0) is 25.7 Å². The molecule has 1 nitrogen and oxygen atoms in total. The lowest BCUT2D eigenvalue weighted by atomic mass is 9.93. The van der Waals surface area contributed by atoms with Crippen molar-refractivity contribution in [1.82, 2.24) is 0 Å². The molecule has 196 valence electrons. The minimum absolute atomic E-state index is 0. The van der Waals surface area contributed by atoms with E-state index >= 15 is 0 Å². The molecule has 0 aromatic rings. The van der Waals surface area contributed by atoms with Gasteiger partial charge < -0.3 is 16.9 Å². The molecule has 1 atom stereocenters. The highest BCUT2D eigenvalue weighted by atomic mass is 35.5. The van der Waals surface area contributed by atoms with Crippen LogP contribution in [0.3, 0.4) is 0 Å². The van der Waals surface area contributed by atoms with Crippen LogP contribution in [0.15, 0.2) is 0 Å². The van der Waals surface area contributed by atoms with Gasteiger partial charge in [-0.15, -0.1) is 0 Å². The fourth-order valence-electron chi connectivity index (χ4n) is 5.22. The Bertz CT molecular complexity index is 342. The number of hydrogen-bond acceptors (Lipinski definition) is 0. The summed E-state index contributed by atoms with van der Waals surface area (Å²) in [6, 6.07) is 0. The average molecular weight is 474 g/mol. The summed E-state index contributed by atoms with van der Waals surface area (Å²) in [5.41, 5.74) is 0. The van der Waals surface area contributed by atoms with E-state index in [-0.39, 0.29) is 12.4 Å². The topological polar surface area (TPSA) is 0 Å². The fraction of sp³-hybridized carbons (Fsp3) is 1.00. The van der Waals surface area contributed by atoms with Crippen molar-refractivity contribution in [3.8, 4) is 0 Å². The van der Waals surface area contributed by atoms with Gasteiger partial charge >= 0.3 is 0 Å². The van der Waals surface area contributed by atoms with E-state index < -0.39 is 0 Å². The van der Waals surface area contributed by atoms with Gasteiger partial charge in [-0.25, -0.2) is 0 Å². The number of halogens is 1. The van der Waals surface area contributed by atoms with Crippen molar-refractivity contribution >= 4 is 0 Å². The van der Waals surface area contributed by atoms with E-state index in [0.717, 1.165) is 5.92 Å². The summed E-state index contributed by atoms with van der Waals surface area (Å²) in [4.78, 5) is 0. The first-order valence-corrected chi connectivity index (χ1v) is 14.9. The molecule has 1 unspecified atom stereocenters. The predicted molar refractivity (Wildman–Crippen MR) is 144 cm³/mol. The summed E-state index contributed by atoms with van der Waals surface area (Å²) in [7, 11) is 5.02. The lowest BCUT2D eigenvalue weighted by Crippen LogP contribution is -3.00. The molecule has 0 aromatic heterocycles. The molecule has 32 heavy (non-hydrogen) atoms. The van der Waals surface area contributed by atoms with Crippen molar-refractivity contribution in [2.24, 2.45) is 5.92 Å². The molecule has 0 aromatic carbocycles. The standard InChI is InChI=1S/C30H64N.ClH/c1-6-9-12-15-17-19-21-24-27-30(26-23-14-11-8-3)29-31(4,5)28-25-22-20-18-16-13-10-7-2;/h30H,6-29H2,1-5H3;1H/q+1;/p-1. The Labute approximate surface area is 211 Å². The molecule has 0 amide bonds. The van der Waals surface area contributed by atoms with Gasteiger partial charge in [0.1, 0.15) is 0 Å². The number of unbranched alkanes of at least 4 members (excludes halogenated alkanes) is 17. The highest BCUT2D eigenvalue weighted by Gasteiger charge is 2.21.